The van der Waals surface area contributed by atoms with Gasteiger partial charge >= 0.3 is 0 Å². The largest absolute Gasteiger partial charge is 0.326 e. The number of benzene rings is 1. The number of rotatable bonds is 4. The van der Waals surface area contributed by atoms with Crippen molar-refractivity contribution in [1.82, 2.24) is 4.90 Å². The molecule has 0 spiro atoms. The van der Waals surface area contributed by atoms with Crippen LogP contribution in [0.15, 0.2) is 24.3 Å². The van der Waals surface area contributed by atoms with Gasteiger partial charge in [-0.2, -0.15) is 5.26 Å². The first-order valence-electron chi connectivity index (χ1n) is 8.25. The Balaban J connectivity index is 1.57. The zero-order valence-electron chi connectivity index (χ0n) is 13.3. The van der Waals surface area contributed by atoms with E-state index in [9.17, 15) is 14.4 Å². The highest BCUT2D eigenvalue weighted by Gasteiger charge is 2.47. The Morgan fingerprint density at radius 1 is 1.21 bits per heavy atom. The van der Waals surface area contributed by atoms with Gasteiger partial charge in [-0.05, 0) is 31.0 Å². The van der Waals surface area contributed by atoms with Gasteiger partial charge in [-0.15, -0.1) is 0 Å². The fraction of sp³-hybridized carbons (Fsp3) is 0.444. The molecular formula is C18H19N3O3. The van der Waals surface area contributed by atoms with Crippen LogP contribution in [0, 0.1) is 23.2 Å². The topological polar surface area (TPSA) is 90.3 Å². The van der Waals surface area contributed by atoms with E-state index < -0.39 is 0 Å². The average Bonchev–Trinajstić information content (AvgIpc) is 2.84. The first-order chi connectivity index (χ1) is 11.6. The molecule has 1 saturated carbocycles. The van der Waals surface area contributed by atoms with E-state index in [0.29, 0.717) is 11.3 Å². The number of likely N-dealkylation sites (tertiary alicyclic amines) is 1. The van der Waals surface area contributed by atoms with Gasteiger partial charge in [-0.25, -0.2) is 0 Å². The summed E-state index contributed by atoms with van der Waals surface area (Å²) in [5.74, 6) is -0.878. The van der Waals surface area contributed by atoms with Gasteiger partial charge < -0.3 is 5.32 Å². The number of nitrogens with zero attached hydrogens (tertiary/aromatic N) is 2. The molecule has 1 aromatic carbocycles. The van der Waals surface area contributed by atoms with E-state index in [1.807, 2.05) is 6.07 Å². The van der Waals surface area contributed by atoms with Crippen molar-refractivity contribution >= 4 is 23.4 Å². The van der Waals surface area contributed by atoms with Crippen LogP contribution < -0.4 is 5.32 Å². The summed E-state index contributed by atoms with van der Waals surface area (Å²) in [6.45, 7) is 0.119. The van der Waals surface area contributed by atoms with E-state index in [4.69, 9.17) is 5.26 Å². The molecule has 2 fully saturated rings. The van der Waals surface area contributed by atoms with E-state index in [1.165, 1.54) is 4.90 Å². The normalized spacial score (nSPS) is 22.9. The van der Waals surface area contributed by atoms with E-state index in [1.54, 1.807) is 24.3 Å². The molecule has 1 aliphatic heterocycles. The maximum atomic E-state index is 12.3. The third kappa shape index (κ3) is 3.16. The highest BCUT2D eigenvalue weighted by Crippen LogP contribution is 2.37. The minimum atomic E-state index is -0.277. The van der Waals surface area contributed by atoms with Crippen LogP contribution in [0.5, 0.6) is 0 Å². The molecule has 6 nitrogen and oxygen atoms in total. The van der Waals surface area contributed by atoms with Gasteiger partial charge in [0.2, 0.25) is 17.7 Å². The molecular weight excluding hydrogens is 306 g/mol. The smallest absolute Gasteiger partial charge is 0.233 e. The molecule has 1 saturated heterocycles. The van der Waals surface area contributed by atoms with Crippen LogP contribution in [0.4, 0.5) is 5.69 Å². The summed E-state index contributed by atoms with van der Waals surface area (Å²) in [6, 6.07) is 8.62. The first-order valence-corrected chi connectivity index (χ1v) is 8.25. The summed E-state index contributed by atoms with van der Waals surface area (Å²) >= 11 is 0. The van der Waals surface area contributed by atoms with Crippen LogP contribution >= 0.6 is 0 Å². The Kier molecular flexibility index (Phi) is 4.61. The molecule has 1 aromatic rings. The molecule has 6 heteroatoms. The van der Waals surface area contributed by atoms with Gasteiger partial charge in [-0.1, -0.05) is 18.9 Å². The van der Waals surface area contributed by atoms with Crippen molar-refractivity contribution in [2.45, 2.75) is 32.1 Å². The standard InChI is InChI=1S/C18H19N3O3/c19-11-12-4-3-5-13(10-12)20-16(22)8-9-21-17(23)14-6-1-2-7-15(14)18(21)24/h3-5,10,14-15H,1-2,6-9H2,(H,20,22)/t14-,15+. The third-order valence-corrected chi connectivity index (χ3v) is 4.77. The highest BCUT2D eigenvalue weighted by atomic mass is 16.2. The predicted molar refractivity (Wildman–Crippen MR) is 86.6 cm³/mol. The predicted octanol–water partition coefficient (Wildman–Crippen LogP) is 2.06. The molecule has 2 atom stereocenters. The number of amides is 3. The van der Waals surface area contributed by atoms with Gasteiger partial charge in [0.1, 0.15) is 0 Å². The number of anilines is 1. The minimum absolute atomic E-state index is 0.0632. The second-order valence-corrected chi connectivity index (χ2v) is 6.32. The number of carbonyl (C=O) groups is 3. The van der Waals surface area contributed by atoms with Crippen molar-refractivity contribution < 1.29 is 14.4 Å². The van der Waals surface area contributed by atoms with Crippen molar-refractivity contribution in [2.75, 3.05) is 11.9 Å². The van der Waals surface area contributed by atoms with E-state index in [0.717, 1.165) is 25.7 Å². The zero-order valence-corrected chi connectivity index (χ0v) is 13.3. The maximum absolute atomic E-state index is 12.3. The zero-order chi connectivity index (χ0) is 17.1. The van der Waals surface area contributed by atoms with E-state index in [-0.39, 0.29) is 42.5 Å². The van der Waals surface area contributed by atoms with Crippen LogP contribution in [0.25, 0.3) is 0 Å². The summed E-state index contributed by atoms with van der Waals surface area (Å²) < 4.78 is 0. The van der Waals surface area contributed by atoms with E-state index in [2.05, 4.69) is 5.32 Å². The number of nitrogens with one attached hydrogen (secondary N) is 1. The molecule has 0 unspecified atom stereocenters. The summed E-state index contributed by atoms with van der Waals surface area (Å²) in [5, 5.41) is 11.6. The van der Waals surface area contributed by atoms with Gasteiger partial charge in [-0.3, -0.25) is 19.3 Å². The number of hydrogen-bond acceptors (Lipinski definition) is 4. The molecule has 2 aliphatic rings. The van der Waals surface area contributed by atoms with Crippen LogP contribution in [0.2, 0.25) is 0 Å². The van der Waals surface area contributed by atoms with Crippen molar-refractivity contribution in [3.8, 4) is 6.07 Å². The number of imide groups is 1. The number of carbonyl (C=O) groups excluding carboxylic acids is 3. The fourth-order valence-electron chi connectivity index (χ4n) is 3.55. The molecule has 3 amide bonds. The molecule has 0 bridgehead atoms. The second-order valence-electron chi connectivity index (χ2n) is 6.32. The third-order valence-electron chi connectivity index (χ3n) is 4.77. The van der Waals surface area contributed by atoms with Crippen LogP contribution in [0.1, 0.15) is 37.7 Å². The Hall–Kier alpha value is -2.68. The molecule has 1 aliphatic carbocycles. The summed E-state index contributed by atoms with van der Waals surface area (Å²) in [5.41, 5.74) is 0.994. The lowest BCUT2D eigenvalue weighted by atomic mass is 9.81. The van der Waals surface area contributed by atoms with E-state index >= 15 is 0 Å². The van der Waals surface area contributed by atoms with Gasteiger partial charge in [0.05, 0.1) is 23.5 Å². The molecule has 0 aromatic heterocycles. The molecule has 3 rings (SSSR count). The van der Waals surface area contributed by atoms with Crippen molar-refractivity contribution in [3.63, 3.8) is 0 Å². The lowest BCUT2D eigenvalue weighted by Gasteiger charge is -2.19. The van der Waals surface area contributed by atoms with Gasteiger partial charge in [0, 0.05) is 18.7 Å². The lowest BCUT2D eigenvalue weighted by molar-refractivity contribution is -0.140. The van der Waals surface area contributed by atoms with Gasteiger partial charge in [0.25, 0.3) is 0 Å². The van der Waals surface area contributed by atoms with Gasteiger partial charge in [0.15, 0.2) is 0 Å². The monoisotopic (exact) mass is 325 g/mol. The Morgan fingerprint density at radius 2 is 1.88 bits per heavy atom. The summed E-state index contributed by atoms with van der Waals surface area (Å²) in [6.07, 6.45) is 3.60. The van der Waals surface area contributed by atoms with Crippen LogP contribution in [-0.4, -0.2) is 29.2 Å². The van der Waals surface area contributed by atoms with Crippen molar-refractivity contribution in [2.24, 2.45) is 11.8 Å². The SMILES string of the molecule is N#Cc1cccc(NC(=O)CCN2C(=O)[C@H]3CCCC[C@H]3C2=O)c1. The molecule has 1 N–H and O–H groups in total. The number of fused-ring (bicyclic) bond motifs is 1. The first kappa shape index (κ1) is 16.2. The lowest BCUT2D eigenvalue weighted by Crippen LogP contribution is -2.34. The van der Waals surface area contributed by atoms with Crippen molar-refractivity contribution in [3.05, 3.63) is 29.8 Å². The number of hydrogen-bond donors (Lipinski definition) is 1. The average molecular weight is 325 g/mol. The minimum Gasteiger partial charge on any atom is -0.326 e. The summed E-state index contributed by atoms with van der Waals surface area (Å²) in [4.78, 5) is 38.0. The molecule has 124 valence electrons. The number of nitriles is 1. The van der Waals surface area contributed by atoms with Crippen molar-refractivity contribution in [1.29, 1.82) is 5.26 Å². The fourth-order valence-corrected chi connectivity index (χ4v) is 3.55. The molecule has 24 heavy (non-hydrogen) atoms. The molecule has 0 radical (unpaired) electrons. The molecule has 1 heterocycles. The maximum Gasteiger partial charge on any atom is 0.233 e. The second kappa shape index (κ2) is 6.83. The van der Waals surface area contributed by atoms with Crippen LogP contribution in [0.3, 0.4) is 0 Å². The Labute approximate surface area is 140 Å². The Bertz CT molecular complexity index is 698. The van der Waals surface area contributed by atoms with Crippen LogP contribution in [-0.2, 0) is 14.4 Å². The quantitative estimate of drug-likeness (QED) is 0.858. The highest BCUT2D eigenvalue weighted by molar-refractivity contribution is 6.05. The Morgan fingerprint density at radius 3 is 2.50 bits per heavy atom. The summed E-state index contributed by atoms with van der Waals surface area (Å²) in [7, 11) is 0.